The molecule has 0 radical (unpaired) electrons. The highest BCUT2D eigenvalue weighted by Crippen LogP contribution is 2.43. The number of benzene rings is 3. The predicted octanol–water partition coefficient (Wildman–Crippen LogP) is 6.37. The number of hydrogen-bond acceptors (Lipinski definition) is 5. The largest absolute Gasteiger partial charge is 0.463 e. The molecule has 3 aromatic rings. The Bertz CT molecular complexity index is 1280. The molecule has 0 fully saturated rings. The standard InChI is InChI=1S/C30H29NO4/c1-4-34-29(32)24-19-25-23(17-16-21-12-8-6-9-13-21)27(30(33)35-5-2)28(22-14-10-7-11-15-22)31-26(25)18-20(24)3/h6-19,23,31H,4-5H2,1-3H3/b17-16+. The van der Waals surface area contributed by atoms with Gasteiger partial charge >= 0.3 is 11.9 Å². The number of allylic oxidation sites excluding steroid dienone is 1. The molecular formula is C30H29NO4. The van der Waals surface area contributed by atoms with Crippen molar-refractivity contribution >= 4 is 29.4 Å². The maximum Gasteiger partial charge on any atom is 0.338 e. The zero-order valence-electron chi connectivity index (χ0n) is 20.2. The first kappa shape index (κ1) is 24.0. The summed E-state index contributed by atoms with van der Waals surface area (Å²) in [5.41, 5.74) is 6.02. The van der Waals surface area contributed by atoms with Gasteiger partial charge in [-0.05, 0) is 55.2 Å². The summed E-state index contributed by atoms with van der Waals surface area (Å²) in [5, 5.41) is 3.46. The van der Waals surface area contributed by atoms with E-state index in [1.165, 1.54) is 0 Å². The van der Waals surface area contributed by atoms with Gasteiger partial charge in [0.2, 0.25) is 0 Å². The molecule has 178 valence electrons. The van der Waals surface area contributed by atoms with Crippen LogP contribution in [0.25, 0.3) is 11.8 Å². The number of rotatable bonds is 7. The lowest BCUT2D eigenvalue weighted by atomic mass is 9.82. The molecule has 0 saturated carbocycles. The van der Waals surface area contributed by atoms with E-state index in [1.807, 2.05) is 91.9 Å². The van der Waals surface area contributed by atoms with Crippen LogP contribution in [0.3, 0.4) is 0 Å². The minimum atomic E-state index is -0.436. The Kier molecular flexibility index (Phi) is 7.46. The summed E-state index contributed by atoms with van der Waals surface area (Å²) in [4.78, 5) is 26.0. The second kappa shape index (κ2) is 10.9. The third-order valence-electron chi connectivity index (χ3n) is 5.91. The SMILES string of the molecule is CCOC(=O)C1=C(c2ccccc2)Nc2cc(C)c(C(=O)OCC)cc2C1/C=C/c1ccccc1. The molecule has 0 bridgehead atoms. The van der Waals surface area contributed by atoms with E-state index in [9.17, 15) is 9.59 Å². The Morgan fingerprint density at radius 2 is 1.51 bits per heavy atom. The van der Waals surface area contributed by atoms with Crippen LogP contribution in [0, 0.1) is 6.92 Å². The summed E-state index contributed by atoms with van der Waals surface area (Å²) in [6.45, 7) is 6.01. The van der Waals surface area contributed by atoms with Crippen LogP contribution < -0.4 is 5.32 Å². The quantitative estimate of drug-likeness (QED) is 0.409. The van der Waals surface area contributed by atoms with Crippen molar-refractivity contribution in [1.29, 1.82) is 0 Å². The van der Waals surface area contributed by atoms with Crippen molar-refractivity contribution in [2.24, 2.45) is 0 Å². The number of ether oxygens (including phenoxy) is 2. The van der Waals surface area contributed by atoms with Gasteiger partial charge in [0.15, 0.2) is 0 Å². The van der Waals surface area contributed by atoms with E-state index in [4.69, 9.17) is 9.47 Å². The topological polar surface area (TPSA) is 64.6 Å². The van der Waals surface area contributed by atoms with Gasteiger partial charge in [-0.3, -0.25) is 0 Å². The molecular weight excluding hydrogens is 438 g/mol. The Morgan fingerprint density at radius 1 is 0.886 bits per heavy atom. The van der Waals surface area contributed by atoms with Gasteiger partial charge in [-0.15, -0.1) is 0 Å². The Labute approximate surface area is 206 Å². The first-order valence-corrected chi connectivity index (χ1v) is 11.8. The third-order valence-corrected chi connectivity index (χ3v) is 5.91. The number of carbonyl (C=O) groups is 2. The van der Waals surface area contributed by atoms with Crippen LogP contribution in [0.1, 0.15) is 52.4 Å². The lowest BCUT2D eigenvalue weighted by molar-refractivity contribution is -0.138. The maximum atomic E-state index is 13.4. The van der Waals surface area contributed by atoms with Crippen molar-refractivity contribution in [3.05, 3.63) is 112 Å². The van der Waals surface area contributed by atoms with Crippen molar-refractivity contribution in [1.82, 2.24) is 0 Å². The lowest BCUT2D eigenvalue weighted by Gasteiger charge is -2.30. The summed E-state index contributed by atoms with van der Waals surface area (Å²) in [7, 11) is 0. The Hall–Kier alpha value is -4.12. The first-order chi connectivity index (χ1) is 17.0. The fraction of sp³-hybridized carbons (Fsp3) is 0.200. The molecule has 1 aliphatic heterocycles. The number of hydrogen-bond donors (Lipinski definition) is 1. The number of nitrogens with one attached hydrogen (secondary N) is 1. The molecule has 1 atom stereocenters. The van der Waals surface area contributed by atoms with Crippen molar-refractivity contribution < 1.29 is 19.1 Å². The minimum absolute atomic E-state index is 0.258. The predicted molar refractivity (Wildman–Crippen MR) is 139 cm³/mol. The van der Waals surface area contributed by atoms with E-state index in [0.717, 1.165) is 27.9 Å². The van der Waals surface area contributed by atoms with Gasteiger partial charge in [0, 0.05) is 11.6 Å². The number of carbonyl (C=O) groups excluding carboxylic acids is 2. The average molecular weight is 468 g/mol. The van der Waals surface area contributed by atoms with Crippen LogP contribution in [-0.2, 0) is 14.3 Å². The highest BCUT2D eigenvalue weighted by Gasteiger charge is 2.33. The Balaban J connectivity index is 1.94. The molecule has 0 spiro atoms. The lowest BCUT2D eigenvalue weighted by Crippen LogP contribution is -2.24. The molecule has 5 heteroatoms. The van der Waals surface area contributed by atoms with Crippen LogP contribution >= 0.6 is 0 Å². The molecule has 1 unspecified atom stereocenters. The smallest absolute Gasteiger partial charge is 0.338 e. The fourth-order valence-electron chi connectivity index (χ4n) is 4.27. The van der Waals surface area contributed by atoms with Gasteiger partial charge in [-0.25, -0.2) is 9.59 Å². The zero-order valence-corrected chi connectivity index (χ0v) is 20.2. The van der Waals surface area contributed by atoms with Crippen LogP contribution in [-0.4, -0.2) is 25.2 Å². The van der Waals surface area contributed by atoms with Crippen LogP contribution in [0.5, 0.6) is 0 Å². The molecule has 4 rings (SSSR count). The van der Waals surface area contributed by atoms with Crippen molar-refractivity contribution in [2.45, 2.75) is 26.7 Å². The van der Waals surface area contributed by atoms with Gasteiger partial charge in [-0.2, -0.15) is 0 Å². The molecule has 0 aromatic heterocycles. The van der Waals surface area contributed by atoms with E-state index in [-0.39, 0.29) is 19.2 Å². The molecule has 5 nitrogen and oxygen atoms in total. The molecule has 0 amide bonds. The van der Waals surface area contributed by atoms with Crippen LogP contribution in [0.2, 0.25) is 0 Å². The number of aryl methyl sites for hydroxylation is 1. The van der Waals surface area contributed by atoms with E-state index in [1.54, 1.807) is 13.8 Å². The van der Waals surface area contributed by atoms with Crippen molar-refractivity contribution in [3.63, 3.8) is 0 Å². The molecule has 3 aromatic carbocycles. The molecule has 1 aliphatic rings. The van der Waals surface area contributed by atoms with Gasteiger partial charge in [0.1, 0.15) is 0 Å². The molecule has 35 heavy (non-hydrogen) atoms. The fourth-order valence-corrected chi connectivity index (χ4v) is 4.27. The normalized spacial score (nSPS) is 14.9. The number of anilines is 1. The van der Waals surface area contributed by atoms with Crippen LogP contribution in [0.4, 0.5) is 5.69 Å². The molecule has 1 heterocycles. The maximum absolute atomic E-state index is 13.4. The monoisotopic (exact) mass is 467 g/mol. The van der Waals surface area contributed by atoms with Crippen molar-refractivity contribution in [2.75, 3.05) is 18.5 Å². The van der Waals surface area contributed by atoms with E-state index in [0.29, 0.717) is 16.8 Å². The van der Waals surface area contributed by atoms with Gasteiger partial charge in [-0.1, -0.05) is 72.8 Å². The van der Waals surface area contributed by atoms with Crippen molar-refractivity contribution in [3.8, 4) is 0 Å². The highest BCUT2D eigenvalue weighted by molar-refractivity contribution is 6.05. The number of fused-ring (bicyclic) bond motifs is 1. The second-order valence-corrected chi connectivity index (χ2v) is 8.22. The van der Waals surface area contributed by atoms with E-state index >= 15 is 0 Å². The Morgan fingerprint density at radius 3 is 2.17 bits per heavy atom. The second-order valence-electron chi connectivity index (χ2n) is 8.22. The molecule has 0 saturated heterocycles. The average Bonchev–Trinajstić information content (AvgIpc) is 2.87. The van der Waals surface area contributed by atoms with Gasteiger partial charge in [0.25, 0.3) is 0 Å². The summed E-state index contributed by atoms with van der Waals surface area (Å²) in [6, 6.07) is 23.4. The van der Waals surface area contributed by atoms with E-state index < -0.39 is 11.9 Å². The molecule has 0 aliphatic carbocycles. The zero-order chi connectivity index (χ0) is 24.8. The minimum Gasteiger partial charge on any atom is -0.463 e. The summed E-state index contributed by atoms with van der Waals surface area (Å²) >= 11 is 0. The summed E-state index contributed by atoms with van der Waals surface area (Å²) < 4.78 is 10.8. The first-order valence-electron chi connectivity index (χ1n) is 11.8. The number of esters is 2. The summed E-state index contributed by atoms with van der Waals surface area (Å²) in [5.74, 6) is -1.21. The highest BCUT2D eigenvalue weighted by atomic mass is 16.5. The third kappa shape index (κ3) is 5.19. The summed E-state index contributed by atoms with van der Waals surface area (Å²) in [6.07, 6.45) is 3.99. The van der Waals surface area contributed by atoms with Crippen LogP contribution in [0.15, 0.2) is 84.4 Å². The van der Waals surface area contributed by atoms with E-state index in [2.05, 4.69) is 5.32 Å². The van der Waals surface area contributed by atoms with Gasteiger partial charge < -0.3 is 14.8 Å². The van der Waals surface area contributed by atoms with Gasteiger partial charge in [0.05, 0.1) is 30.0 Å². The molecule has 1 N–H and O–H groups in total.